The van der Waals surface area contributed by atoms with Gasteiger partial charge in [0, 0.05) is 36.9 Å². The van der Waals surface area contributed by atoms with E-state index in [-0.39, 0.29) is 17.6 Å². The van der Waals surface area contributed by atoms with Gasteiger partial charge in [-0.05, 0) is 50.2 Å². The highest BCUT2D eigenvalue weighted by atomic mass is 35.5. The van der Waals surface area contributed by atoms with Gasteiger partial charge in [0.05, 0.1) is 12.2 Å². The number of nitrogens with one attached hydrogen (secondary N) is 1. The number of rotatable bonds is 5. The number of halogens is 1. The Morgan fingerprint density at radius 3 is 2.28 bits per heavy atom. The van der Waals surface area contributed by atoms with Gasteiger partial charge in [-0.25, -0.2) is 9.67 Å². The molecule has 0 unspecified atom stereocenters. The molecule has 166 valence electrons. The molecular formula is C23H25ClN6O2. The quantitative estimate of drug-likeness (QED) is 0.643. The molecule has 32 heavy (non-hydrogen) atoms. The molecule has 2 heterocycles. The number of nitrogens with zero attached hydrogens (tertiary/aromatic N) is 5. The zero-order valence-corrected chi connectivity index (χ0v) is 18.8. The van der Waals surface area contributed by atoms with E-state index < -0.39 is 0 Å². The number of amides is 2. The largest absolute Gasteiger partial charge is 0.333 e. The second-order valence-corrected chi connectivity index (χ2v) is 8.29. The molecule has 0 atom stereocenters. The SMILES string of the molecule is Cc1ccc(NC(=O)CN2CCN(C(=O)c3nc(C)n(-c4ccc(Cl)cc4)n3)CC2)cc1. The molecule has 0 bridgehead atoms. The number of benzene rings is 2. The fraction of sp³-hybridized carbons (Fsp3) is 0.304. The zero-order chi connectivity index (χ0) is 22.7. The Labute approximate surface area is 191 Å². The minimum atomic E-state index is -0.204. The topological polar surface area (TPSA) is 83.4 Å². The lowest BCUT2D eigenvalue weighted by molar-refractivity contribution is -0.117. The first-order valence-corrected chi connectivity index (χ1v) is 10.8. The zero-order valence-electron chi connectivity index (χ0n) is 18.1. The lowest BCUT2D eigenvalue weighted by atomic mass is 10.2. The van der Waals surface area contributed by atoms with Gasteiger partial charge in [-0.1, -0.05) is 29.3 Å². The van der Waals surface area contributed by atoms with Crippen LogP contribution in [0.15, 0.2) is 48.5 Å². The molecule has 9 heteroatoms. The number of anilines is 1. The number of aryl methyl sites for hydroxylation is 2. The number of hydrogen-bond acceptors (Lipinski definition) is 5. The van der Waals surface area contributed by atoms with E-state index in [2.05, 4.69) is 15.4 Å². The van der Waals surface area contributed by atoms with Crippen molar-refractivity contribution in [1.29, 1.82) is 0 Å². The molecule has 1 aliphatic rings. The summed E-state index contributed by atoms with van der Waals surface area (Å²) in [6.07, 6.45) is 0. The Bertz CT molecular complexity index is 1100. The fourth-order valence-corrected chi connectivity index (χ4v) is 3.72. The van der Waals surface area contributed by atoms with Crippen molar-refractivity contribution in [2.75, 3.05) is 38.0 Å². The molecule has 1 aromatic heterocycles. The molecule has 1 N–H and O–H groups in total. The fourth-order valence-electron chi connectivity index (χ4n) is 3.60. The van der Waals surface area contributed by atoms with Gasteiger partial charge in [-0.15, -0.1) is 5.10 Å². The summed E-state index contributed by atoms with van der Waals surface area (Å²) in [5, 5.41) is 7.94. The molecule has 2 amide bonds. The third-order valence-corrected chi connectivity index (χ3v) is 5.65. The van der Waals surface area contributed by atoms with Crippen LogP contribution in [0.4, 0.5) is 5.69 Å². The smallest absolute Gasteiger partial charge is 0.293 e. The predicted molar refractivity (Wildman–Crippen MR) is 123 cm³/mol. The second-order valence-electron chi connectivity index (χ2n) is 7.85. The molecule has 4 rings (SSSR count). The van der Waals surface area contributed by atoms with E-state index in [0.717, 1.165) is 16.9 Å². The molecule has 0 saturated carbocycles. The van der Waals surface area contributed by atoms with Crippen LogP contribution < -0.4 is 5.32 Å². The van der Waals surface area contributed by atoms with Gasteiger partial charge >= 0.3 is 0 Å². The highest BCUT2D eigenvalue weighted by Gasteiger charge is 2.26. The molecule has 0 radical (unpaired) electrons. The first-order valence-electron chi connectivity index (χ1n) is 10.5. The van der Waals surface area contributed by atoms with Crippen molar-refractivity contribution in [2.45, 2.75) is 13.8 Å². The Kier molecular flexibility index (Phi) is 6.53. The first-order chi connectivity index (χ1) is 15.4. The number of aromatic nitrogens is 3. The lowest BCUT2D eigenvalue weighted by Gasteiger charge is -2.33. The van der Waals surface area contributed by atoms with Crippen LogP contribution in [0.3, 0.4) is 0 Å². The summed E-state index contributed by atoms with van der Waals surface area (Å²) in [5.74, 6) is 0.530. The molecule has 1 fully saturated rings. The summed E-state index contributed by atoms with van der Waals surface area (Å²) in [6, 6.07) is 14.9. The van der Waals surface area contributed by atoms with E-state index in [4.69, 9.17) is 11.6 Å². The number of carbonyl (C=O) groups is 2. The molecule has 0 aliphatic carbocycles. The van der Waals surface area contributed by atoms with E-state index in [0.29, 0.717) is 43.6 Å². The minimum absolute atomic E-state index is 0.0624. The van der Waals surface area contributed by atoms with Crippen LogP contribution in [0.5, 0.6) is 0 Å². The Morgan fingerprint density at radius 2 is 1.62 bits per heavy atom. The van der Waals surface area contributed by atoms with Gasteiger partial charge in [0.1, 0.15) is 5.82 Å². The Balaban J connectivity index is 1.31. The maximum atomic E-state index is 12.9. The lowest BCUT2D eigenvalue weighted by Crippen LogP contribution is -2.50. The monoisotopic (exact) mass is 452 g/mol. The van der Waals surface area contributed by atoms with Gasteiger partial charge in [0.15, 0.2) is 0 Å². The van der Waals surface area contributed by atoms with E-state index in [1.54, 1.807) is 21.7 Å². The predicted octanol–water partition coefficient (Wildman–Crippen LogP) is 2.93. The Morgan fingerprint density at radius 1 is 0.969 bits per heavy atom. The molecule has 0 spiro atoms. The number of hydrogen-bond donors (Lipinski definition) is 1. The van der Waals surface area contributed by atoms with Crippen LogP contribution in [0, 0.1) is 13.8 Å². The van der Waals surface area contributed by atoms with E-state index >= 15 is 0 Å². The summed E-state index contributed by atoms with van der Waals surface area (Å²) in [7, 11) is 0. The average Bonchev–Trinajstić information content (AvgIpc) is 3.17. The van der Waals surface area contributed by atoms with Crippen molar-refractivity contribution in [1.82, 2.24) is 24.6 Å². The summed E-state index contributed by atoms with van der Waals surface area (Å²) >= 11 is 5.95. The second kappa shape index (κ2) is 9.50. The van der Waals surface area contributed by atoms with Crippen LogP contribution in [0.25, 0.3) is 5.69 Å². The number of carbonyl (C=O) groups excluding carboxylic acids is 2. The highest BCUT2D eigenvalue weighted by Crippen LogP contribution is 2.15. The van der Waals surface area contributed by atoms with Crippen molar-refractivity contribution in [3.05, 3.63) is 70.8 Å². The normalized spacial score (nSPS) is 14.4. The summed E-state index contributed by atoms with van der Waals surface area (Å²) < 4.78 is 1.63. The summed E-state index contributed by atoms with van der Waals surface area (Å²) in [6.45, 7) is 6.37. The first kappa shape index (κ1) is 22.0. The van der Waals surface area contributed by atoms with Crippen LogP contribution in [0.2, 0.25) is 5.02 Å². The van der Waals surface area contributed by atoms with Crippen LogP contribution in [0.1, 0.15) is 22.0 Å². The van der Waals surface area contributed by atoms with Gasteiger partial charge in [0.25, 0.3) is 5.91 Å². The number of piperazine rings is 1. The van der Waals surface area contributed by atoms with Crippen molar-refractivity contribution in [3.63, 3.8) is 0 Å². The van der Waals surface area contributed by atoms with Gasteiger partial charge in [0.2, 0.25) is 11.7 Å². The molecule has 8 nitrogen and oxygen atoms in total. The molecular weight excluding hydrogens is 428 g/mol. The third-order valence-electron chi connectivity index (χ3n) is 5.39. The van der Waals surface area contributed by atoms with Crippen molar-refractivity contribution in [2.24, 2.45) is 0 Å². The van der Waals surface area contributed by atoms with E-state index in [1.807, 2.05) is 55.1 Å². The molecule has 1 saturated heterocycles. The van der Waals surface area contributed by atoms with Crippen LogP contribution in [-0.2, 0) is 4.79 Å². The van der Waals surface area contributed by atoms with Crippen molar-refractivity contribution >= 4 is 29.1 Å². The van der Waals surface area contributed by atoms with Gasteiger partial charge in [-0.2, -0.15) is 0 Å². The van der Waals surface area contributed by atoms with E-state index in [9.17, 15) is 9.59 Å². The van der Waals surface area contributed by atoms with Crippen LogP contribution in [-0.4, -0.2) is 69.1 Å². The molecule has 2 aromatic carbocycles. The average molecular weight is 453 g/mol. The standard InChI is InChI=1S/C23H25ClN6O2/c1-16-3-7-19(8-4-16)26-21(31)15-28-11-13-29(14-12-28)23(32)22-25-17(2)30(27-22)20-9-5-18(24)6-10-20/h3-10H,11-15H2,1-2H3,(H,26,31). The maximum Gasteiger partial charge on any atom is 0.293 e. The molecule has 3 aromatic rings. The highest BCUT2D eigenvalue weighted by molar-refractivity contribution is 6.30. The van der Waals surface area contributed by atoms with E-state index in [1.165, 1.54) is 0 Å². The summed E-state index contributed by atoms with van der Waals surface area (Å²) in [4.78, 5) is 33.4. The molecule has 1 aliphatic heterocycles. The van der Waals surface area contributed by atoms with Crippen LogP contribution >= 0.6 is 11.6 Å². The summed E-state index contributed by atoms with van der Waals surface area (Å²) in [5.41, 5.74) is 2.72. The maximum absolute atomic E-state index is 12.9. The van der Waals surface area contributed by atoms with Crippen molar-refractivity contribution < 1.29 is 9.59 Å². The third kappa shape index (κ3) is 5.15. The Hall–Kier alpha value is -3.23. The van der Waals surface area contributed by atoms with Crippen molar-refractivity contribution in [3.8, 4) is 5.69 Å². The van der Waals surface area contributed by atoms with Gasteiger partial charge < -0.3 is 10.2 Å². The van der Waals surface area contributed by atoms with Gasteiger partial charge in [-0.3, -0.25) is 14.5 Å². The minimum Gasteiger partial charge on any atom is -0.333 e.